The van der Waals surface area contributed by atoms with Gasteiger partial charge >= 0.3 is 0 Å². The van der Waals surface area contributed by atoms with Crippen LogP contribution < -0.4 is 9.47 Å². The van der Waals surface area contributed by atoms with Crippen LogP contribution in [0.15, 0.2) is 42.9 Å². The topological polar surface area (TPSA) is 86.5 Å². The van der Waals surface area contributed by atoms with E-state index in [1.165, 1.54) is 0 Å². The first-order valence-corrected chi connectivity index (χ1v) is 10.3. The monoisotopic (exact) mass is 421 g/mol. The van der Waals surface area contributed by atoms with Crippen LogP contribution in [0.2, 0.25) is 5.15 Å². The summed E-state index contributed by atoms with van der Waals surface area (Å²) in [6, 6.07) is 9.06. The molecule has 7 nitrogen and oxygen atoms in total. The molecule has 1 unspecified atom stereocenters. The standard InChI is InChI=1S/C19H20ClN3O4S/c1-3-26-15-7-14(8-16(9-15)27-4-2)18-19(20)22-12-23(18)17-6-5-13(10-21-17)11-28(24)25/h5-10,12H,3-4,11H2,1-2H3,(H,24,25). The highest BCUT2D eigenvalue weighted by Gasteiger charge is 2.16. The van der Waals surface area contributed by atoms with Crippen LogP contribution in [-0.4, -0.2) is 36.5 Å². The summed E-state index contributed by atoms with van der Waals surface area (Å²) in [6.45, 7) is 4.87. The maximum Gasteiger partial charge on any atom is 0.157 e. The number of benzene rings is 1. The molecule has 0 spiro atoms. The number of halogens is 1. The molecule has 0 saturated carbocycles. The van der Waals surface area contributed by atoms with Gasteiger partial charge in [-0.05, 0) is 37.6 Å². The van der Waals surface area contributed by atoms with Crippen molar-refractivity contribution in [1.82, 2.24) is 14.5 Å². The Balaban J connectivity index is 2.04. The van der Waals surface area contributed by atoms with E-state index in [-0.39, 0.29) is 5.75 Å². The second-order valence-corrected chi connectivity index (χ2v) is 7.09. The normalized spacial score (nSPS) is 12.0. The largest absolute Gasteiger partial charge is 0.494 e. The van der Waals surface area contributed by atoms with Crippen molar-refractivity contribution < 1.29 is 18.2 Å². The summed E-state index contributed by atoms with van der Waals surface area (Å²) in [6.07, 6.45) is 3.14. The zero-order valence-electron chi connectivity index (χ0n) is 15.5. The molecule has 2 aromatic heterocycles. The fourth-order valence-electron chi connectivity index (χ4n) is 2.75. The molecule has 3 rings (SSSR count). The average Bonchev–Trinajstić information content (AvgIpc) is 3.04. The van der Waals surface area contributed by atoms with Crippen LogP contribution in [-0.2, 0) is 16.8 Å². The minimum Gasteiger partial charge on any atom is -0.494 e. The Labute approximate surface area is 170 Å². The van der Waals surface area contributed by atoms with Crippen molar-refractivity contribution in [2.45, 2.75) is 19.6 Å². The predicted octanol–water partition coefficient (Wildman–Crippen LogP) is 4.11. The van der Waals surface area contributed by atoms with Crippen molar-refractivity contribution in [3.63, 3.8) is 0 Å². The molecule has 3 aromatic rings. The number of pyridine rings is 1. The first-order valence-electron chi connectivity index (χ1n) is 8.68. The van der Waals surface area contributed by atoms with Gasteiger partial charge in [0.15, 0.2) is 16.2 Å². The fraction of sp³-hybridized carbons (Fsp3) is 0.263. The first kappa shape index (κ1) is 20.3. The first-order chi connectivity index (χ1) is 13.5. The number of hydrogen-bond donors (Lipinski definition) is 1. The number of imidazole rings is 1. The van der Waals surface area contributed by atoms with Crippen LogP contribution in [0.25, 0.3) is 17.1 Å². The highest BCUT2D eigenvalue weighted by molar-refractivity contribution is 7.78. The summed E-state index contributed by atoms with van der Waals surface area (Å²) in [5.41, 5.74) is 2.09. The van der Waals surface area contributed by atoms with Crippen LogP contribution in [0.5, 0.6) is 11.5 Å². The minimum atomic E-state index is -1.92. The van der Waals surface area contributed by atoms with Crippen LogP contribution in [0.3, 0.4) is 0 Å². The Hall–Kier alpha value is -2.42. The summed E-state index contributed by atoms with van der Waals surface area (Å²) in [5.74, 6) is 1.95. The predicted molar refractivity (Wildman–Crippen MR) is 109 cm³/mol. The van der Waals surface area contributed by atoms with Crippen molar-refractivity contribution in [3.05, 3.63) is 53.6 Å². The Morgan fingerprint density at radius 1 is 1.11 bits per heavy atom. The smallest absolute Gasteiger partial charge is 0.157 e. The highest BCUT2D eigenvalue weighted by atomic mass is 35.5. The lowest BCUT2D eigenvalue weighted by Gasteiger charge is -2.13. The molecular formula is C19H20ClN3O4S. The molecule has 0 fully saturated rings. The van der Waals surface area contributed by atoms with Gasteiger partial charge in [-0.2, -0.15) is 0 Å². The lowest BCUT2D eigenvalue weighted by Crippen LogP contribution is -2.01. The molecule has 0 aliphatic heterocycles. The van der Waals surface area contributed by atoms with E-state index in [0.717, 1.165) is 5.56 Å². The summed E-state index contributed by atoms with van der Waals surface area (Å²) in [5, 5.41) is 0.318. The number of nitrogens with zero attached hydrogens (tertiary/aromatic N) is 3. The molecule has 148 valence electrons. The molecule has 1 N–H and O–H groups in total. The minimum absolute atomic E-state index is 0.0267. The summed E-state index contributed by atoms with van der Waals surface area (Å²) in [7, 11) is 0. The second kappa shape index (κ2) is 9.18. The fourth-order valence-corrected chi connectivity index (χ4v) is 3.45. The molecule has 2 heterocycles. The molecule has 28 heavy (non-hydrogen) atoms. The molecular weight excluding hydrogens is 402 g/mol. The molecule has 0 saturated heterocycles. The summed E-state index contributed by atoms with van der Waals surface area (Å²) >= 11 is 4.46. The lowest BCUT2D eigenvalue weighted by molar-refractivity contribution is 0.323. The van der Waals surface area contributed by atoms with Crippen molar-refractivity contribution in [1.29, 1.82) is 0 Å². The quantitative estimate of drug-likeness (QED) is 0.551. The maximum absolute atomic E-state index is 11.0. The molecule has 0 aliphatic rings. The molecule has 0 bridgehead atoms. The Morgan fingerprint density at radius 2 is 1.79 bits per heavy atom. The zero-order valence-corrected chi connectivity index (χ0v) is 17.0. The van der Waals surface area contributed by atoms with Gasteiger partial charge in [0.1, 0.15) is 23.6 Å². The number of rotatable bonds is 8. The average molecular weight is 422 g/mol. The Morgan fingerprint density at radius 3 is 2.32 bits per heavy atom. The van der Waals surface area contributed by atoms with Gasteiger partial charge in [-0.15, -0.1) is 0 Å². The number of aromatic nitrogens is 3. The molecule has 0 radical (unpaired) electrons. The van der Waals surface area contributed by atoms with Gasteiger partial charge in [-0.25, -0.2) is 14.2 Å². The number of hydrogen-bond acceptors (Lipinski definition) is 5. The molecule has 0 amide bonds. The van der Waals surface area contributed by atoms with E-state index in [1.807, 2.05) is 32.0 Å². The van der Waals surface area contributed by atoms with E-state index in [2.05, 4.69) is 9.97 Å². The van der Waals surface area contributed by atoms with Gasteiger partial charge < -0.3 is 14.0 Å². The molecule has 1 aromatic carbocycles. The lowest BCUT2D eigenvalue weighted by atomic mass is 10.1. The Bertz CT molecular complexity index is 952. The third kappa shape index (κ3) is 4.70. The second-order valence-electron chi connectivity index (χ2n) is 5.80. The van der Waals surface area contributed by atoms with Gasteiger partial charge in [0.25, 0.3) is 0 Å². The third-order valence-electron chi connectivity index (χ3n) is 3.84. The maximum atomic E-state index is 11.0. The van der Waals surface area contributed by atoms with E-state index in [4.69, 9.17) is 25.6 Å². The van der Waals surface area contributed by atoms with Crippen molar-refractivity contribution in [2.75, 3.05) is 13.2 Å². The SMILES string of the molecule is CCOc1cc(OCC)cc(-c2c(Cl)ncn2-c2ccc(CS(=O)O)cn2)c1. The van der Waals surface area contributed by atoms with Gasteiger partial charge in [-0.3, -0.25) is 4.57 Å². The van der Waals surface area contributed by atoms with Crippen molar-refractivity contribution in [2.24, 2.45) is 0 Å². The number of ether oxygens (including phenoxy) is 2. The Kier molecular flexibility index (Phi) is 6.66. The van der Waals surface area contributed by atoms with Crippen LogP contribution in [0, 0.1) is 0 Å². The molecule has 9 heteroatoms. The van der Waals surface area contributed by atoms with Gasteiger partial charge in [0.05, 0.1) is 24.7 Å². The van der Waals surface area contributed by atoms with Crippen LogP contribution in [0.4, 0.5) is 0 Å². The van der Waals surface area contributed by atoms with Gasteiger partial charge in [-0.1, -0.05) is 17.7 Å². The van der Waals surface area contributed by atoms with E-state index in [0.29, 0.717) is 46.9 Å². The highest BCUT2D eigenvalue weighted by Crippen LogP contribution is 2.34. The van der Waals surface area contributed by atoms with Gasteiger partial charge in [0, 0.05) is 17.8 Å². The van der Waals surface area contributed by atoms with Gasteiger partial charge in [0.2, 0.25) is 0 Å². The van der Waals surface area contributed by atoms with E-state index in [1.54, 1.807) is 29.2 Å². The summed E-state index contributed by atoms with van der Waals surface area (Å²) < 4.78 is 33.0. The van der Waals surface area contributed by atoms with E-state index >= 15 is 0 Å². The zero-order chi connectivity index (χ0) is 20.1. The third-order valence-corrected chi connectivity index (χ3v) is 4.70. The van der Waals surface area contributed by atoms with Crippen LogP contribution in [0.1, 0.15) is 19.4 Å². The van der Waals surface area contributed by atoms with E-state index < -0.39 is 11.1 Å². The van der Waals surface area contributed by atoms with Crippen molar-refractivity contribution >= 4 is 22.7 Å². The molecule has 0 aliphatic carbocycles. The summed E-state index contributed by atoms with van der Waals surface area (Å²) in [4.78, 5) is 8.58. The van der Waals surface area contributed by atoms with Crippen molar-refractivity contribution in [3.8, 4) is 28.6 Å². The molecule has 1 atom stereocenters. The van der Waals surface area contributed by atoms with Crippen LogP contribution >= 0.6 is 11.6 Å². The van der Waals surface area contributed by atoms with E-state index in [9.17, 15) is 4.21 Å².